The van der Waals surface area contributed by atoms with Crippen molar-refractivity contribution in [1.82, 2.24) is 29.9 Å². The van der Waals surface area contributed by atoms with Gasteiger partial charge >= 0.3 is 6.03 Å². The summed E-state index contributed by atoms with van der Waals surface area (Å²) >= 11 is 0. The number of aromatic nitrogens is 6. The molecule has 10 nitrogen and oxygen atoms in total. The average molecular weight is 436 g/mol. The fourth-order valence-corrected chi connectivity index (χ4v) is 2.77. The summed E-state index contributed by atoms with van der Waals surface area (Å²) in [5.74, 6) is -0.0634. The molecule has 0 spiro atoms. The molecule has 2 amide bonds. The van der Waals surface area contributed by atoms with Crippen LogP contribution in [0.4, 0.5) is 20.6 Å². The Morgan fingerprint density at radius 2 is 2.00 bits per heavy atom. The Bertz CT molecular complexity index is 1230. The molecule has 0 saturated heterocycles. The second kappa shape index (κ2) is 8.46. The van der Waals surface area contributed by atoms with Crippen LogP contribution in [0.5, 0.6) is 11.6 Å². The summed E-state index contributed by atoms with van der Waals surface area (Å²) in [6.45, 7) is 5.96. The monoisotopic (exact) mass is 436 g/mol. The summed E-state index contributed by atoms with van der Waals surface area (Å²) in [5, 5.41) is 15.9. The van der Waals surface area contributed by atoms with Crippen molar-refractivity contribution in [2.45, 2.75) is 26.3 Å². The van der Waals surface area contributed by atoms with E-state index in [2.05, 4.69) is 35.9 Å². The summed E-state index contributed by atoms with van der Waals surface area (Å²) in [4.78, 5) is 20.6. The average Bonchev–Trinajstić information content (AvgIpc) is 3.43. The van der Waals surface area contributed by atoms with E-state index in [1.807, 2.05) is 20.8 Å². The summed E-state index contributed by atoms with van der Waals surface area (Å²) < 4.78 is 21.7. The molecule has 0 fully saturated rings. The molecule has 0 saturated carbocycles. The van der Waals surface area contributed by atoms with E-state index in [0.29, 0.717) is 17.1 Å². The number of rotatable bonds is 5. The van der Waals surface area contributed by atoms with Crippen LogP contribution >= 0.6 is 0 Å². The number of benzene rings is 1. The van der Waals surface area contributed by atoms with E-state index < -0.39 is 11.8 Å². The Hall–Kier alpha value is -4.28. The second-order valence-electron chi connectivity index (χ2n) is 7.90. The van der Waals surface area contributed by atoms with Crippen LogP contribution in [0.2, 0.25) is 0 Å². The van der Waals surface area contributed by atoms with Gasteiger partial charge in [0.2, 0.25) is 5.88 Å². The third kappa shape index (κ3) is 4.89. The largest absolute Gasteiger partial charge is 0.439 e. The zero-order valence-electron chi connectivity index (χ0n) is 17.6. The minimum Gasteiger partial charge on any atom is -0.439 e. The Morgan fingerprint density at radius 3 is 2.72 bits per heavy atom. The van der Waals surface area contributed by atoms with E-state index in [1.54, 1.807) is 29.3 Å². The maximum absolute atomic E-state index is 14.3. The lowest BCUT2D eigenvalue weighted by atomic mass is 10.1. The lowest BCUT2D eigenvalue weighted by molar-refractivity contribution is 0.262. The summed E-state index contributed by atoms with van der Waals surface area (Å²) in [6, 6.07) is 5.01. The van der Waals surface area contributed by atoms with Gasteiger partial charge in [0.15, 0.2) is 0 Å². The van der Waals surface area contributed by atoms with Gasteiger partial charge < -0.3 is 15.4 Å². The maximum atomic E-state index is 14.3. The lowest BCUT2D eigenvalue weighted by Gasteiger charge is -2.18. The number of carbonyl (C=O) groups is 1. The molecule has 164 valence electrons. The molecule has 4 aromatic rings. The lowest BCUT2D eigenvalue weighted by Crippen LogP contribution is -2.22. The van der Waals surface area contributed by atoms with Crippen LogP contribution in [0.3, 0.4) is 0 Å². The number of H-pyrrole nitrogens is 1. The van der Waals surface area contributed by atoms with E-state index >= 15 is 0 Å². The highest BCUT2D eigenvalue weighted by Gasteiger charge is 2.15. The molecule has 3 N–H and O–H groups in total. The zero-order valence-corrected chi connectivity index (χ0v) is 17.6. The number of urea groups is 1. The van der Waals surface area contributed by atoms with E-state index in [4.69, 9.17) is 4.74 Å². The standard InChI is InChI=1S/C21H21FN8O2/c1-21(2,3)30-11-14(10-27-30)28-20(31)29-18-6-15(4-5-16(18)22)32-19-7-17(23-12-24-19)13-8-25-26-9-13/h4-12H,1-3H3,(H,25,26)(H2,28,29,31). The van der Waals surface area contributed by atoms with Gasteiger partial charge in [-0.2, -0.15) is 10.2 Å². The number of aromatic amines is 1. The van der Waals surface area contributed by atoms with Crippen molar-refractivity contribution in [3.05, 3.63) is 61.2 Å². The van der Waals surface area contributed by atoms with E-state index in [1.165, 1.54) is 30.7 Å². The van der Waals surface area contributed by atoms with Crippen LogP contribution in [-0.2, 0) is 5.54 Å². The number of amides is 2. The molecule has 3 aromatic heterocycles. The second-order valence-corrected chi connectivity index (χ2v) is 7.90. The fourth-order valence-electron chi connectivity index (χ4n) is 2.77. The quantitative estimate of drug-likeness (QED) is 0.426. The first-order valence-corrected chi connectivity index (χ1v) is 9.70. The molecule has 0 atom stereocenters. The number of ether oxygens (including phenoxy) is 1. The molecular formula is C21H21FN8O2. The molecule has 4 rings (SSSR count). The first-order chi connectivity index (χ1) is 15.3. The molecule has 0 bridgehead atoms. The summed E-state index contributed by atoms with van der Waals surface area (Å²) in [7, 11) is 0. The Morgan fingerprint density at radius 1 is 1.16 bits per heavy atom. The van der Waals surface area contributed by atoms with E-state index in [9.17, 15) is 9.18 Å². The van der Waals surface area contributed by atoms with Gasteiger partial charge in [-0.05, 0) is 32.9 Å². The predicted octanol–water partition coefficient (Wildman–Crippen LogP) is 4.39. The van der Waals surface area contributed by atoms with Crippen LogP contribution in [0.15, 0.2) is 55.4 Å². The van der Waals surface area contributed by atoms with Gasteiger partial charge in [0.1, 0.15) is 17.9 Å². The van der Waals surface area contributed by atoms with Crippen molar-refractivity contribution >= 4 is 17.4 Å². The number of hydrogen-bond acceptors (Lipinski definition) is 6. The molecule has 0 aliphatic rings. The topological polar surface area (TPSA) is 123 Å². The molecular weight excluding hydrogens is 415 g/mol. The highest BCUT2D eigenvalue weighted by atomic mass is 19.1. The van der Waals surface area contributed by atoms with E-state index in [-0.39, 0.29) is 17.1 Å². The molecule has 3 heterocycles. The van der Waals surface area contributed by atoms with Crippen molar-refractivity contribution in [3.63, 3.8) is 0 Å². The van der Waals surface area contributed by atoms with Crippen LogP contribution in [0, 0.1) is 5.82 Å². The van der Waals surface area contributed by atoms with Crippen molar-refractivity contribution in [3.8, 4) is 22.9 Å². The van der Waals surface area contributed by atoms with Crippen molar-refractivity contribution in [2.24, 2.45) is 0 Å². The van der Waals surface area contributed by atoms with Gasteiger partial charge in [0.25, 0.3) is 0 Å². The first kappa shape index (κ1) is 21.0. The minimum absolute atomic E-state index is 0.0488. The number of nitrogens with zero attached hydrogens (tertiary/aromatic N) is 5. The normalized spacial score (nSPS) is 11.2. The molecule has 0 unspecified atom stereocenters. The van der Waals surface area contributed by atoms with Crippen molar-refractivity contribution in [1.29, 1.82) is 0 Å². The highest BCUT2D eigenvalue weighted by molar-refractivity contribution is 5.99. The smallest absolute Gasteiger partial charge is 0.323 e. The van der Waals surface area contributed by atoms with Crippen LogP contribution in [0.25, 0.3) is 11.3 Å². The molecule has 11 heteroatoms. The van der Waals surface area contributed by atoms with Gasteiger partial charge in [-0.25, -0.2) is 19.2 Å². The Kier molecular flexibility index (Phi) is 5.54. The highest BCUT2D eigenvalue weighted by Crippen LogP contribution is 2.27. The molecule has 0 radical (unpaired) electrons. The number of halogens is 1. The van der Waals surface area contributed by atoms with Gasteiger partial charge in [-0.15, -0.1) is 0 Å². The number of carbonyl (C=O) groups excluding carboxylic acids is 1. The predicted molar refractivity (Wildman–Crippen MR) is 116 cm³/mol. The number of nitrogens with one attached hydrogen (secondary N) is 3. The molecule has 0 aliphatic carbocycles. The zero-order chi connectivity index (χ0) is 22.7. The van der Waals surface area contributed by atoms with Crippen molar-refractivity contribution in [2.75, 3.05) is 10.6 Å². The molecule has 0 aliphatic heterocycles. The number of anilines is 2. The van der Waals surface area contributed by atoms with Crippen LogP contribution in [-0.4, -0.2) is 36.0 Å². The summed E-state index contributed by atoms with van der Waals surface area (Å²) in [5.41, 5.74) is 1.59. The third-order valence-electron chi connectivity index (χ3n) is 4.37. The Labute approximate surface area is 182 Å². The maximum Gasteiger partial charge on any atom is 0.323 e. The van der Waals surface area contributed by atoms with E-state index in [0.717, 1.165) is 5.56 Å². The van der Waals surface area contributed by atoms with Gasteiger partial charge in [0, 0.05) is 30.1 Å². The van der Waals surface area contributed by atoms with Gasteiger partial charge in [-0.1, -0.05) is 0 Å². The van der Waals surface area contributed by atoms with Gasteiger partial charge in [0.05, 0.1) is 35.0 Å². The van der Waals surface area contributed by atoms with Crippen LogP contribution < -0.4 is 15.4 Å². The summed E-state index contributed by atoms with van der Waals surface area (Å²) in [6.07, 6.45) is 7.88. The van der Waals surface area contributed by atoms with Crippen LogP contribution in [0.1, 0.15) is 20.8 Å². The first-order valence-electron chi connectivity index (χ1n) is 9.70. The van der Waals surface area contributed by atoms with Crippen molar-refractivity contribution < 1.29 is 13.9 Å². The SMILES string of the molecule is CC(C)(C)n1cc(NC(=O)Nc2cc(Oc3cc(-c4cn[nH]c4)ncn3)ccc2F)cn1. The van der Waals surface area contributed by atoms with Gasteiger partial charge in [-0.3, -0.25) is 9.78 Å². The third-order valence-corrected chi connectivity index (χ3v) is 4.37. The number of hydrogen-bond donors (Lipinski definition) is 3. The molecule has 32 heavy (non-hydrogen) atoms. The molecule has 1 aromatic carbocycles. The fraction of sp³-hybridized carbons (Fsp3) is 0.190. The minimum atomic E-state index is -0.612. The Balaban J connectivity index is 1.45.